The summed E-state index contributed by atoms with van der Waals surface area (Å²) in [4.78, 5) is 39.5. The van der Waals surface area contributed by atoms with Gasteiger partial charge < -0.3 is 14.8 Å². The Morgan fingerprint density at radius 3 is 2.32 bits per heavy atom. The highest BCUT2D eigenvalue weighted by molar-refractivity contribution is 6.04. The Labute approximate surface area is 285 Å². The second-order valence-corrected chi connectivity index (χ2v) is 13.0. The van der Waals surface area contributed by atoms with Gasteiger partial charge in [0.25, 0.3) is 11.5 Å². The minimum absolute atomic E-state index is 0.0768. The molecule has 6 aromatic rings. The lowest BCUT2D eigenvalue weighted by atomic mass is 10.1. The molecule has 3 heterocycles. The van der Waals surface area contributed by atoms with Gasteiger partial charge in [-0.1, -0.05) is 13.8 Å². The number of hydrogen-bond donors (Lipinski definition) is 1. The van der Waals surface area contributed by atoms with Gasteiger partial charge in [-0.15, -0.1) is 0 Å². The van der Waals surface area contributed by atoms with Crippen LogP contribution in [0.2, 0.25) is 0 Å². The van der Waals surface area contributed by atoms with Crippen molar-refractivity contribution in [1.82, 2.24) is 24.1 Å². The number of halogens is 2. The van der Waals surface area contributed by atoms with E-state index in [1.165, 1.54) is 59.4 Å². The zero-order chi connectivity index (χ0) is 35.9. The molecule has 11 nitrogen and oxygen atoms in total. The fourth-order valence-electron chi connectivity index (χ4n) is 5.37. The highest BCUT2D eigenvalue weighted by atomic mass is 19.1. The van der Waals surface area contributed by atoms with Gasteiger partial charge in [0.05, 0.1) is 17.9 Å². The molecule has 256 valence electrons. The quantitative estimate of drug-likeness (QED) is 0.182. The summed E-state index contributed by atoms with van der Waals surface area (Å²) in [7, 11) is 1.78. The Hall–Kier alpha value is -6.11. The molecule has 0 unspecified atom stereocenters. The summed E-state index contributed by atoms with van der Waals surface area (Å²) in [5, 5.41) is 11.8. The van der Waals surface area contributed by atoms with Crippen molar-refractivity contribution in [3.05, 3.63) is 119 Å². The number of carbonyl (C=O) groups excluding carboxylic acids is 2. The highest BCUT2D eigenvalue weighted by Crippen LogP contribution is 2.38. The first kappa shape index (κ1) is 33.8. The van der Waals surface area contributed by atoms with Crippen LogP contribution in [0.25, 0.3) is 27.7 Å². The maximum Gasteiger partial charge on any atom is 0.435 e. The molecule has 3 aromatic heterocycles. The van der Waals surface area contributed by atoms with Crippen molar-refractivity contribution in [2.45, 2.75) is 46.1 Å². The van der Waals surface area contributed by atoms with Gasteiger partial charge in [-0.3, -0.25) is 18.8 Å². The van der Waals surface area contributed by atoms with Crippen LogP contribution in [-0.2, 0) is 11.8 Å². The van der Waals surface area contributed by atoms with Gasteiger partial charge >= 0.3 is 6.09 Å². The number of aromatic nitrogens is 5. The molecule has 6 rings (SSSR count). The molecule has 1 N–H and O–H groups in total. The Bertz CT molecular complexity index is 2320. The van der Waals surface area contributed by atoms with Crippen LogP contribution in [0, 0.1) is 11.6 Å². The van der Waals surface area contributed by atoms with Crippen molar-refractivity contribution in [2.75, 3.05) is 5.32 Å². The molecule has 3 aromatic carbocycles. The molecular formula is C37H34F2N6O5. The number of anilines is 1. The fraction of sp³-hybridized carbons (Fsp3) is 0.216. The van der Waals surface area contributed by atoms with E-state index in [9.17, 15) is 18.8 Å². The number of benzene rings is 3. The number of ether oxygens (including phenoxy) is 2. The lowest BCUT2D eigenvalue weighted by Gasteiger charge is -2.18. The zero-order valence-corrected chi connectivity index (χ0v) is 28.2. The third-order valence-corrected chi connectivity index (χ3v) is 7.76. The molecule has 0 aliphatic heterocycles. The van der Waals surface area contributed by atoms with Gasteiger partial charge in [0.2, 0.25) is 0 Å². The second kappa shape index (κ2) is 13.1. The third kappa shape index (κ3) is 6.88. The Balaban J connectivity index is 1.28. The van der Waals surface area contributed by atoms with Crippen LogP contribution in [0.3, 0.4) is 0 Å². The monoisotopic (exact) mass is 680 g/mol. The molecular weight excluding hydrogens is 646 g/mol. The minimum Gasteiger partial charge on any atom is -0.454 e. The Morgan fingerprint density at radius 2 is 1.64 bits per heavy atom. The van der Waals surface area contributed by atoms with Crippen molar-refractivity contribution in [1.29, 1.82) is 0 Å². The van der Waals surface area contributed by atoms with Gasteiger partial charge in [-0.25, -0.2) is 13.6 Å². The van der Waals surface area contributed by atoms with E-state index in [0.29, 0.717) is 22.5 Å². The lowest BCUT2D eigenvalue weighted by Crippen LogP contribution is -2.30. The number of rotatable bonds is 7. The molecule has 0 fully saturated rings. The third-order valence-electron chi connectivity index (χ3n) is 7.76. The zero-order valence-electron chi connectivity index (χ0n) is 28.2. The van der Waals surface area contributed by atoms with Crippen LogP contribution in [-0.4, -0.2) is 41.7 Å². The summed E-state index contributed by atoms with van der Waals surface area (Å²) in [6, 6.07) is 15.8. The normalized spacial score (nSPS) is 11.6. The molecule has 0 radical (unpaired) electrons. The van der Waals surface area contributed by atoms with E-state index in [2.05, 4.69) is 15.5 Å². The first-order valence-corrected chi connectivity index (χ1v) is 15.7. The van der Waals surface area contributed by atoms with E-state index in [4.69, 9.17) is 9.47 Å². The second-order valence-electron chi connectivity index (χ2n) is 13.0. The first-order valence-electron chi connectivity index (χ1n) is 15.7. The summed E-state index contributed by atoms with van der Waals surface area (Å²) in [6.45, 7) is 9.04. The van der Waals surface area contributed by atoms with Gasteiger partial charge in [-0.2, -0.15) is 14.9 Å². The number of nitrogens with zero attached hydrogens (tertiary/aromatic N) is 5. The Morgan fingerprint density at radius 1 is 0.900 bits per heavy atom. The van der Waals surface area contributed by atoms with Gasteiger partial charge in [0.1, 0.15) is 22.7 Å². The SMILES string of the molecule is CC(C)c1ccc(C(=O)Nc2ccc(Oc3cc4cnn(C)c4cc3-c3cnn(C(=O)OC(C)(C)C)c3)c(F)c2)c(=O)n1-c1ccc(F)cc1. The smallest absolute Gasteiger partial charge is 0.435 e. The van der Waals surface area contributed by atoms with Gasteiger partial charge in [0, 0.05) is 52.9 Å². The van der Waals surface area contributed by atoms with Crippen LogP contribution in [0.1, 0.15) is 56.6 Å². The number of pyridine rings is 1. The van der Waals surface area contributed by atoms with E-state index >= 15 is 4.39 Å². The molecule has 0 aliphatic rings. The van der Waals surface area contributed by atoms with Crippen LogP contribution in [0.5, 0.6) is 11.5 Å². The number of amides is 1. The molecule has 50 heavy (non-hydrogen) atoms. The summed E-state index contributed by atoms with van der Waals surface area (Å²) >= 11 is 0. The average Bonchev–Trinajstić information content (AvgIpc) is 3.68. The van der Waals surface area contributed by atoms with Gasteiger partial charge in [0.15, 0.2) is 11.6 Å². The van der Waals surface area contributed by atoms with Crippen molar-refractivity contribution >= 4 is 28.6 Å². The number of fused-ring (bicyclic) bond motifs is 1. The molecule has 0 saturated heterocycles. The van der Waals surface area contributed by atoms with Crippen molar-refractivity contribution < 1.29 is 27.8 Å². The molecule has 0 aliphatic carbocycles. The standard InChI is InChI=1S/C37H34F2N6O5/c1-21(2)30-13-12-27(35(47)45(30)26-10-7-24(38)8-11-26)34(46)42-25-9-14-32(29(39)16-25)49-33-15-22-18-40-43(6)31(22)17-28(33)23-19-41-44(20-23)36(48)50-37(3,4)5/h7-21H,1-6H3,(H,42,46). The lowest BCUT2D eigenvalue weighted by molar-refractivity contribution is 0.0514. The van der Waals surface area contributed by atoms with Crippen LogP contribution < -0.4 is 15.6 Å². The van der Waals surface area contributed by atoms with Crippen molar-refractivity contribution in [2.24, 2.45) is 7.05 Å². The Kier molecular flexibility index (Phi) is 8.83. The van der Waals surface area contributed by atoms with E-state index < -0.39 is 34.8 Å². The van der Waals surface area contributed by atoms with E-state index in [0.717, 1.165) is 21.7 Å². The summed E-state index contributed by atoms with van der Waals surface area (Å²) < 4.78 is 44.8. The minimum atomic E-state index is -0.789. The van der Waals surface area contributed by atoms with Crippen molar-refractivity contribution in [3.8, 4) is 28.3 Å². The van der Waals surface area contributed by atoms with E-state index in [-0.39, 0.29) is 28.7 Å². The number of carbonyl (C=O) groups is 2. The number of nitrogens with one attached hydrogen (secondary N) is 1. The first-order chi connectivity index (χ1) is 23.7. The van der Waals surface area contributed by atoms with Crippen molar-refractivity contribution in [3.63, 3.8) is 0 Å². The topological polar surface area (TPSA) is 122 Å². The van der Waals surface area contributed by atoms with E-state index in [1.807, 2.05) is 13.8 Å². The van der Waals surface area contributed by atoms with E-state index in [1.54, 1.807) is 56.9 Å². The van der Waals surface area contributed by atoms with Gasteiger partial charge in [-0.05, 0) is 87.4 Å². The molecule has 0 bridgehead atoms. The maximum atomic E-state index is 15.6. The predicted molar refractivity (Wildman–Crippen MR) is 184 cm³/mol. The fourth-order valence-corrected chi connectivity index (χ4v) is 5.37. The molecule has 1 amide bonds. The summed E-state index contributed by atoms with van der Waals surface area (Å²) in [5.74, 6) is -1.96. The molecule has 0 spiro atoms. The average molecular weight is 681 g/mol. The molecule has 0 saturated carbocycles. The summed E-state index contributed by atoms with van der Waals surface area (Å²) in [5.41, 5.74) is 1.39. The van der Waals surface area contributed by atoms with Crippen LogP contribution >= 0.6 is 0 Å². The predicted octanol–water partition coefficient (Wildman–Crippen LogP) is 7.82. The maximum absolute atomic E-state index is 15.6. The molecule has 0 atom stereocenters. The molecule has 13 heteroatoms. The number of hydrogen-bond acceptors (Lipinski definition) is 7. The highest BCUT2D eigenvalue weighted by Gasteiger charge is 2.22. The van der Waals surface area contributed by atoms with Crippen LogP contribution in [0.4, 0.5) is 19.3 Å². The van der Waals surface area contributed by atoms with Crippen LogP contribution in [0.15, 0.2) is 90.1 Å². The number of aryl methyl sites for hydroxylation is 1. The summed E-state index contributed by atoms with van der Waals surface area (Å²) in [6.07, 6.45) is 3.94. The largest absolute Gasteiger partial charge is 0.454 e.